The number of ether oxygens (including phenoxy) is 1. The van der Waals surface area contributed by atoms with Gasteiger partial charge in [-0.3, -0.25) is 0 Å². The van der Waals surface area contributed by atoms with E-state index in [2.05, 4.69) is 57.3 Å². The second kappa shape index (κ2) is 10.8. The molecule has 120 valence electrons. The Balaban J connectivity index is 2.54. The molecular formula is C19H33NO. The molecule has 2 heteroatoms. The van der Waals surface area contributed by atoms with Gasteiger partial charge in [-0.05, 0) is 42.9 Å². The zero-order valence-electron chi connectivity index (χ0n) is 14.3. The third kappa shape index (κ3) is 7.63. The lowest BCUT2D eigenvalue weighted by molar-refractivity contribution is 0.102. The fourth-order valence-electron chi connectivity index (χ4n) is 2.32. The second-order valence-electron chi connectivity index (χ2n) is 6.26. The molecule has 0 heterocycles. The van der Waals surface area contributed by atoms with Crippen molar-refractivity contribution in [1.29, 1.82) is 0 Å². The van der Waals surface area contributed by atoms with Crippen molar-refractivity contribution in [3.63, 3.8) is 0 Å². The van der Waals surface area contributed by atoms with Crippen LogP contribution >= 0.6 is 0 Å². The largest absolute Gasteiger partial charge is 0.379 e. The van der Waals surface area contributed by atoms with E-state index >= 15 is 0 Å². The molecule has 0 saturated heterocycles. The minimum Gasteiger partial charge on any atom is -0.379 e. The van der Waals surface area contributed by atoms with E-state index in [0.717, 1.165) is 39.0 Å². The number of benzene rings is 1. The average Bonchev–Trinajstić information content (AvgIpc) is 2.48. The van der Waals surface area contributed by atoms with Crippen LogP contribution in [0.3, 0.4) is 0 Å². The first kappa shape index (κ1) is 18.2. The van der Waals surface area contributed by atoms with E-state index in [4.69, 9.17) is 4.74 Å². The van der Waals surface area contributed by atoms with Crippen molar-refractivity contribution in [1.82, 2.24) is 5.32 Å². The number of hydrogen-bond donors (Lipinski definition) is 1. The van der Waals surface area contributed by atoms with Gasteiger partial charge in [0.2, 0.25) is 0 Å². The molecule has 0 aliphatic heterocycles. The van der Waals surface area contributed by atoms with E-state index in [9.17, 15) is 0 Å². The van der Waals surface area contributed by atoms with Crippen LogP contribution < -0.4 is 5.32 Å². The molecule has 1 N–H and O–H groups in total. The molecule has 0 aromatic heterocycles. The first-order valence-electron chi connectivity index (χ1n) is 8.57. The maximum atomic E-state index is 5.87. The van der Waals surface area contributed by atoms with Crippen molar-refractivity contribution in [3.05, 3.63) is 35.4 Å². The molecule has 2 nitrogen and oxygen atoms in total. The van der Waals surface area contributed by atoms with Gasteiger partial charge in [-0.15, -0.1) is 0 Å². The molecule has 1 atom stereocenters. The van der Waals surface area contributed by atoms with Crippen LogP contribution in [0.2, 0.25) is 0 Å². The summed E-state index contributed by atoms with van der Waals surface area (Å²) in [7, 11) is 0. The highest BCUT2D eigenvalue weighted by Gasteiger charge is 2.11. The molecule has 0 amide bonds. The van der Waals surface area contributed by atoms with Gasteiger partial charge in [-0.2, -0.15) is 0 Å². The monoisotopic (exact) mass is 291 g/mol. The molecule has 0 aliphatic carbocycles. The first-order chi connectivity index (χ1) is 10.2. The summed E-state index contributed by atoms with van der Waals surface area (Å²) in [6.07, 6.45) is 4.65. The molecule has 1 aromatic rings. The summed E-state index contributed by atoms with van der Waals surface area (Å²) >= 11 is 0. The summed E-state index contributed by atoms with van der Waals surface area (Å²) in [5.41, 5.74) is 2.77. The minimum atomic E-state index is 0.313. The van der Waals surface area contributed by atoms with Crippen LogP contribution in [0.4, 0.5) is 0 Å². The van der Waals surface area contributed by atoms with Crippen LogP contribution in [-0.4, -0.2) is 19.8 Å². The predicted octanol–water partition coefficient (Wildman–Crippen LogP) is 4.74. The van der Waals surface area contributed by atoms with Crippen LogP contribution in [0.1, 0.15) is 64.1 Å². The van der Waals surface area contributed by atoms with E-state index in [1.165, 1.54) is 17.5 Å². The lowest BCUT2D eigenvalue weighted by Gasteiger charge is -2.20. The lowest BCUT2D eigenvalue weighted by atomic mass is 10.0. The van der Waals surface area contributed by atoms with Crippen LogP contribution in [0.25, 0.3) is 0 Å². The fourth-order valence-corrected chi connectivity index (χ4v) is 2.32. The average molecular weight is 291 g/mol. The summed E-state index contributed by atoms with van der Waals surface area (Å²) in [6, 6.07) is 9.34. The summed E-state index contributed by atoms with van der Waals surface area (Å²) in [4.78, 5) is 0. The molecular weight excluding hydrogens is 258 g/mol. The Bertz CT molecular complexity index is 358. The number of rotatable bonds is 11. The van der Waals surface area contributed by atoms with Crippen LogP contribution in [0, 0.1) is 5.92 Å². The zero-order chi connectivity index (χ0) is 15.5. The van der Waals surface area contributed by atoms with Gasteiger partial charge >= 0.3 is 0 Å². The van der Waals surface area contributed by atoms with Gasteiger partial charge in [0.05, 0.1) is 12.6 Å². The van der Waals surface area contributed by atoms with E-state index < -0.39 is 0 Å². The van der Waals surface area contributed by atoms with Crippen LogP contribution in [0.5, 0.6) is 0 Å². The van der Waals surface area contributed by atoms with Gasteiger partial charge in [0.15, 0.2) is 0 Å². The van der Waals surface area contributed by atoms with Gasteiger partial charge < -0.3 is 10.1 Å². The van der Waals surface area contributed by atoms with E-state index in [1.807, 2.05) is 0 Å². The standard InChI is InChI=1S/C19H33NO/c1-5-7-17-8-10-18(11-9-17)19(20-13-6-2)15-21-14-12-16(3)4/h8-11,16,19-20H,5-7,12-15H2,1-4H3. The molecule has 1 rings (SSSR count). The first-order valence-corrected chi connectivity index (χ1v) is 8.57. The molecule has 21 heavy (non-hydrogen) atoms. The molecule has 0 aliphatic rings. The molecule has 1 aromatic carbocycles. The van der Waals surface area contributed by atoms with Gasteiger partial charge in [-0.1, -0.05) is 58.4 Å². The summed E-state index contributed by atoms with van der Waals surface area (Å²) in [6.45, 7) is 11.6. The number of hydrogen-bond acceptors (Lipinski definition) is 2. The third-order valence-corrected chi connectivity index (χ3v) is 3.69. The Labute approximate surface area is 131 Å². The Morgan fingerprint density at radius 1 is 1.05 bits per heavy atom. The quantitative estimate of drug-likeness (QED) is 0.594. The molecule has 0 saturated carbocycles. The fraction of sp³-hybridized carbons (Fsp3) is 0.684. The number of aryl methyl sites for hydroxylation is 1. The minimum absolute atomic E-state index is 0.313. The Morgan fingerprint density at radius 3 is 2.33 bits per heavy atom. The summed E-state index contributed by atoms with van der Waals surface area (Å²) < 4.78 is 5.87. The third-order valence-electron chi connectivity index (χ3n) is 3.69. The number of nitrogens with one attached hydrogen (secondary N) is 1. The predicted molar refractivity (Wildman–Crippen MR) is 91.7 cm³/mol. The van der Waals surface area contributed by atoms with Crippen LogP contribution in [-0.2, 0) is 11.2 Å². The smallest absolute Gasteiger partial charge is 0.0661 e. The van der Waals surface area contributed by atoms with Crippen molar-refractivity contribution in [2.75, 3.05) is 19.8 Å². The van der Waals surface area contributed by atoms with Crippen molar-refractivity contribution < 1.29 is 4.74 Å². The van der Waals surface area contributed by atoms with E-state index in [0.29, 0.717) is 12.0 Å². The molecule has 0 radical (unpaired) electrons. The topological polar surface area (TPSA) is 21.3 Å². The Hall–Kier alpha value is -0.860. The SMILES string of the molecule is CCCNC(COCCC(C)C)c1ccc(CCC)cc1. The molecule has 0 fully saturated rings. The van der Waals surface area contributed by atoms with Gasteiger partial charge in [-0.25, -0.2) is 0 Å². The molecule has 0 bridgehead atoms. The second-order valence-corrected chi connectivity index (χ2v) is 6.26. The maximum absolute atomic E-state index is 5.87. The van der Waals surface area contributed by atoms with Crippen molar-refractivity contribution >= 4 is 0 Å². The van der Waals surface area contributed by atoms with Gasteiger partial charge in [0.1, 0.15) is 0 Å². The Morgan fingerprint density at radius 2 is 1.76 bits per heavy atom. The Kier molecular flexibility index (Phi) is 9.36. The molecule has 1 unspecified atom stereocenters. The van der Waals surface area contributed by atoms with Gasteiger partial charge in [0, 0.05) is 6.61 Å². The highest BCUT2D eigenvalue weighted by Crippen LogP contribution is 2.16. The van der Waals surface area contributed by atoms with Gasteiger partial charge in [0.25, 0.3) is 0 Å². The summed E-state index contributed by atoms with van der Waals surface area (Å²) in [5.74, 6) is 0.709. The van der Waals surface area contributed by atoms with Crippen molar-refractivity contribution in [2.45, 2.75) is 59.4 Å². The zero-order valence-corrected chi connectivity index (χ0v) is 14.3. The maximum Gasteiger partial charge on any atom is 0.0661 e. The highest BCUT2D eigenvalue weighted by molar-refractivity contribution is 5.25. The molecule has 0 spiro atoms. The van der Waals surface area contributed by atoms with Crippen LogP contribution in [0.15, 0.2) is 24.3 Å². The van der Waals surface area contributed by atoms with Crippen molar-refractivity contribution in [3.8, 4) is 0 Å². The lowest BCUT2D eigenvalue weighted by Crippen LogP contribution is -2.26. The summed E-state index contributed by atoms with van der Waals surface area (Å²) in [5, 5.41) is 3.60. The highest BCUT2D eigenvalue weighted by atomic mass is 16.5. The van der Waals surface area contributed by atoms with E-state index in [1.54, 1.807) is 0 Å². The normalized spacial score (nSPS) is 12.8. The van der Waals surface area contributed by atoms with E-state index in [-0.39, 0.29) is 0 Å². The van der Waals surface area contributed by atoms with Crippen molar-refractivity contribution in [2.24, 2.45) is 5.92 Å².